The van der Waals surface area contributed by atoms with Gasteiger partial charge in [-0.15, -0.1) is 4.67 Å². The summed E-state index contributed by atoms with van der Waals surface area (Å²) >= 11 is 6.66. The van der Waals surface area contributed by atoms with E-state index >= 15 is 0 Å². The topological polar surface area (TPSA) is 74.2 Å². The fourth-order valence-electron chi connectivity index (χ4n) is 1.29. The molecule has 0 saturated heterocycles. The van der Waals surface area contributed by atoms with Gasteiger partial charge in [-0.2, -0.15) is 0 Å². The lowest BCUT2D eigenvalue weighted by atomic mass is 10.2. The Kier molecular flexibility index (Phi) is 12.4. The van der Waals surface area contributed by atoms with Crippen molar-refractivity contribution in [3.8, 4) is 5.75 Å². The second-order valence-electron chi connectivity index (χ2n) is 7.20. The first-order valence-corrected chi connectivity index (χ1v) is 12.7. The van der Waals surface area contributed by atoms with Gasteiger partial charge in [0.2, 0.25) is 8.03 Å². The number of alkyl halides is 1. The highest BCUT2D eigenvalue weighted by molar-refractivity contribution is 9.10. The number of hydrogen-bond donors (Lipinski definition) is 1. The maximum atomic E-state index is 10.7. The average Bonchev–Trinajstić information content (AvgIpc) is 2.42. The minimum Gasteiger partial charge on any atom is -0.330 e. The van der Waals surface area contributed by atoms with Gasteiger partial charge in [0.1, 0.15) is 0 Å². The van der Waals surface area contributed by atoms with Gasteiger partial charge < -0.3 is 18.8 Å². The van der Waals surface area contributed by atoms with E-state index in [0.29, 0.717) is 5.75 Å². The molecule has 0 amide bonds. The number of benzene rings is 1. The Bertz CT molecular complexity index is 557. The van der Waals surface area contributed by atoms with Gasteiger partial charge in [0.25, 0.3) is 0 Å². The summed E-state index contributed by atoms with van der Waals surface area (Å²) in [5.74, 6) is 0.523. The molecule has 0 bridgehead atoms. The highest BCUT2D eigenvalue weighted by Crippen LogP contribution is 2.41. The first-order chi connectivity index (χ1) is 11.7. The van der Waals surface area contributed by atoms with Crippen LogP contribution in [0.3, 0.4) is 0 Å². The van der Waals surface area contributed by atoms with Crippen LogP contribution in [-0.2, 0) is 23.6 Å². The summed E-state index contributed by atoms with van der Waals surface area (Å²) in [6.07, 6.45) is 0. The van der Waals surface area contributed by atoms with Crippen LogP contribution in [0.25, 0.3) is 0 Å². The molecule has 1 atom stereocenters. The van der Waals surface area contributed by atoms with Gasteiger partial charge in [-0.25, -0.2) is 0 Å². The van der Waals surface area contributed by atoms with Gasteiger partial charge in [-0.05, 0) is 75.2 Å². The molecule has 0 heterocycles. The van der Waals surface area contributed by atoms with Crippen molar-refractivity contribution in [1.29, 1.82) is 0 Å². The summed E-state index contributed by atoms with van der Waals surface area (Å²) in [4.78, 5) is 14.2. The first-order valence-electron chi connectivity index (χ1n) is 7.80. The molecule has 6 nitrogen and oxygen atoms in total. The van der Waals surface area contributed by atoms with Crippen molar-refractivity contribution < 1.29 is 28.1 Å². The smallest absolute Gasteiger partial charge is 0.330 e. The molecule has 0 aliphatic rings. The van der Waals surface area contributed by atoms with Crippen LogP contribution < -0.4 is 4.89 Å². The Morgan fingerprint density at radius 1 is 1.12 bits per heavy atom. The molecule has 0 radical (unpaired) electrons. The van der Waals surface area contributed by atoms with E-state index in [4.69, 9.17) is 13.9 Å². The van der Waals surface area contributed by atoms with E-state index in [9.17, 15) is 9.46 Å². The molecule has 152 valence electrons. The molecule has 1 aromatic carbocycles. The van der Waals surface area contributed by atoms with Crippen molar-refractivity contribution in [2.75, 3.05) is 6.66 Å². The van der Waals surface area contributed by atoms with E-state index in [1.807, 2.05) is 53.7 Å². The molecule has 10 heteroatoms. The van der Waals surface area contributed by atoms with Crippen molar-refractivity contribution in [2.24, 2.45) is 0 Å². The van der Waals surface area contributed by atoms with E-state index < -0.39 is 16.6 Å². The monoisotopic (exact) mass is 536 g/mol. The van der Waals surface area contributed by atoms with Crippen molar-refractivity contribution in [3.63, 3.8) is 0 Å². The van der Waals surface area contributed by atoms with E-state index in [2.05, 4.69) is 36.5 Å². The first kappa shape index (κ1) is 26.5. The zero-order valence-corrected chi connectivity index (χ0v) is 21.2. The van der Waals surface area contributed by atoms with Crippen LogP contribution in [0.15, 0.2) is 22.7 Å². The van der Waals surface area contributed by atoms with Crippen molar-refractivity contribution in [3.05, 3.63) is 28.2 Å². The molecular formula is C16H28Br2O6P2. The summed E-state index contributed by atoms with van der Waals surface area (Å²) < 4.78 is 26.5. The summed E-state index contributed by atoms with van der Waals surface area (Å²) in [5.41, 5.74) is 0.408. The lowest BCUT2D eigenvalue weighted by Gasteiger charge is -2.27. The van der Waals surface area contributed by atoms with Crippen molar-refractivity contribution in [2.45, 2.75) is 58.1 Å². The Morgan fingerprint density at radius 3 is 1.96 bits per heavy atom. The largest absolute Gasteiger partial charge is 0.330 e. The van der Waals surface area contributed by atoms with Crippen LogP contribution in [0.1, 0.15) is 47.1 Å². The second-order valence-corrected chi connectivity index (χ2v) is 10.6. The third-order valence-corrected chi connectivity index (χ3v) is 5.10. The average molecular weight is 538 g/mol. The zero-order valence-electron chi connectivity index (χ0n) is 16.1. The van der Waals surface area contributed by atoms with E-state index in [0.717, 1.165) is 15.4 Å². The summed E-state index contributed by atoms with van der Waals surface area (Å²) in [5, 5.41) is 0.775. The molecular weight excluding hydrogens is 510 g/mol. The van der Waals surface area contributed by atoms with Crippen LogP contribution in [0.5, 0.6) is 5.75 Å². The van der Waals surface area contributed by atoms with Crippen LogP contribution in [0.2, 0.25) is 0 Å². The molecule has 0 saturated carbocycles. The molecule has 26 heavy (non-hydrogen) atoms. The lowest BCUT2D eigenvalue weighted by Crippen LogP contribution is -2.21. The number of rotatable bonds is 6. The minimum absolute atomic E-state index is 0.355. The summed E-state index contributed by atoms with van der Waals surface area (Å²) in [7, 11) is -3.82. The predicted octanol–water partition coefficient (Wildman–Crippen LogP) is 6.59. The van der Waals surface area contributed by atoms with Crippen LogP contribution in [0.4, 0.5) is 0 Å². The Morgan fingerprint density at radius 2 is 1.62 bits per heavy atom. The minimum atomic E-state index is -2.07. The quantitative estimate of drug-likeness (QED) is 0.191. The number of halogens is 2. The Balaban J connectivity index is 0.000000488. The standard InChI is InChI=1S/C8H9Br2O3P.C8H19O3P/c1-14(11)13-12-8-3-2-6(5-9)4-7(8)10;1-7(2,3)10-12(9)11-8(4,5)6/h2-4,14H,5H2,1H3;9H,1-6H3. The van der Waals surface area contributed by atoms with Gasteiger partial charge in [0, 0.05) is 12.0 Å². The van der Waals surface area contributed by atoms with Crippen molar-refractivity contribution in [1.82, 2.24) is 0 Å². The lowest BCUT2D eigenvalue weighted by molar-refractivity contribution is -0.0916. The fourth-order valence-corrected chi connectivity index (χ4v) is 3.31. The molecule has 1 unspecified atom stereocenters. The zero-order chi connectivity index (χ0) is 20.5. The molecule has 0 aliphatic heterocycles. The molecule has 1 rings (SSSR count). The van der Waals surface area contributed by atoms with Gasteiger partial charge >= 0.3 is 8.60 Å². The molecule has 0 fully saturated rings. The van der Waals surface area contributed by atoms with E-state index in [-0.39, 0.29) is 11.2 Å². The third-order valence-electron chi connectivity index (χ3n) is 2.10. The maximum absolute atomic E-state index is 10.7. The van der Waals surface area contributed by atoms with E-state index in [1.165, 1.54) is 6.66 Å². The molecule has 0 aromatic heterocycles. The summed E-state index contributed by atoms with van der Waals surface area (Å²) in [6, 6.07) is 5.55. The molecule has 1 aromatic rings. The summed E-state index contributed by atoms with van der Waals surface area (Å²) in [6.45, 7) is 12.7. The van der Waals surface area contributed by atoms with Crippen LogP contribution in [-0.4, -0.2) is 22.8 Å². The highest BCUT2D eigenvalue weighted by atomic mass is 79.9. The maximum Gasteiger partial charge on any atom is 0.330 e. The normalized spacial score (nSPS) is 13.2. The predicted molar refractivity (Wildman–Crippen MR) is 114 cm³/mol. The third kappa shape index (κ3) is 14.5. The van der Waals surface area contributed by atoms with Crippen LogP contribution >= 0.6 is 48.5 Å². The van der Waals surface area contributed by atoms with Gasteiger partial charge in [0.05, 0.1) is 15.7 Å². The van der Waals surface area contributed by atoms with Gasteiger partial charge in [0.15, 0.2) is 5.75 Å². The van der Waals surface area contributed by atoms with E-state index in [1.54, 1.807) is 6.07 Å². The van der Waals surface area contributed by atoms with Crippen LogP contribution in [0, 0.1) is 0 Å². The number of hydrogen-bond acceptors (Lipinski definition) is 6. The van der Waals surface area contributed by atoms with Gasteiger partial charge in [-0.1, -0.05) is 22.0 Å². The van der Waals surface area contributed by atoms with Crippen molar-refractivity contribution >= 4 is 48.5 Å². The SMILES string of the molecule is CC(C)(C)OP(O)OC(C)(C)C.C[PH](=O)OOc1ccc(CBr)cc1Br. The molecule has 0 spiro atoms. The molecule has 0 aliphatic carbocycles. The van der Waals surface area contributed by atoms with Gasteiger partial charge in [-0.3, -0.25) is 4.57 Å². The Labute approximate surface area is 175 Å². The fraction of sp³-hybridized carbons (Fsp3) is 0.625. The second kappa shape index (κ2) is 12.1. The Hall–Kier alpha value is 0.480. The highest BCUT2D eigenvalue weighted by Gasteiger charge is 2.23. The molecule has 1 N–H and O–H groups in total.